The second-order valence-electron chi connectivity index (χ2n) is 7.84. The number of amides is 2. The molecule has 7 heteroatoms. The summed E-state index contributed by atoms with van der Waals surface area (Å²) in [6.07, 6.45) is 2.47. The molecule has 0 radical (unpaired) electrons. The van der Waals surface area contributed by atoms with Crippen molar-refractivity contribution in [2.45, 2.75) is 26.2 Å². The van der Waals surface area contributed by atoms with Crippen LogP contribution in [0.4, 0.5) is 4.39 Å². The van der Waals surface area contributed by atoms with Gasteiger partial charge in [-0.15, -0.1) is 0 Å². The highest BCUT2D eigenvalue weighted by atomic mass is 19.1. The molecule has 28 heavy (non-hydrogen) atoms. The van der Waals surface area contributed by atoms with E-state index in [1.807, 2.05) is 16.7 Å². The number of hydrogen-bond donors (Lipinski definition) is 1. The lowest BCUT2D eigenvalue weighted by molar-refractivity contribution is -0.134. The Morgan fingerprint density at radius 2 is 1.68 bits per heavy atom. The molecule has 6 nitrogen and oxygen atoms in total. The van der Waals surface area contributed by atoms with E-state index in [2.05, 4.69) is 9.88 Å². The number of nitrogens with zero attached hydrogens (tertiary/aromatic N) is 3. The van der Waals surface area contributed by atoms with Crippen LogP contribution in [0.1, 0.15) is 24.1 Å². The van der Waals surface area contributed by atoms with Crippen molar-refractivity contribution >= 4 is 22.7 Å². The van der Waals surface area contributed by atoms with Crippen molar-refractivity contribution in [1.82, 2.24) is 19.7 Å². The molecule has 2 aromatic rings. The van der Waals surface area contributed by atoms with Crippen molar-refractivity contribution in [2.75, 3.05) is 45.8 Å². The SMILES string of the molecule is Cc1[nH]c2ccc(F)cc2c1CC(=O)N1CCN(CC(=O)N2CCCC2)CC1. The van der Waals surface area contributed by atoms with E-state index in [1.54, 1.807) is 6.07 Å². The molecular formula is C21H27FN4O2. The Labute approximate surface area is 164 Å². The Bertz CT molecular complexity index is 880. The van der Waals surface area contributed by atoms with Crippen LogP contribution in [-0.4, -0.2) is 77.3 Å². The smallest absolute Gasteiger partial charge is 0.236 e. The standard InChI is InChI=1S/C21H27FN4O2/c1-15-17(18-12-16(22)4-5-19(18)23-15)13-20(27)26-10-8-24(9-11-26)14-21(28)25-6-2-3-7-25/h4-5,12,23H,2-3,6-11,13-14H2,1H3. The molecule has 4 rings (SSSR count). The minimum Gasteiger partial charge on any atom is -0.358 e. The summed E-state index contributed by atoms with van der Waals surface area (Å²) in [5, 5.41) is 0.778. The number of piperazine rings is 1. The van der Waals surface area contributed by atoms with Crippen molar-refractivity contribution in [1.29, 1.82) is 0 Å². The highest BCUT2D eigenvalue weighted by Gasteiger charge is 2.26. The van der Waals surface area contributed by atoms with Crippen molar-refractivity contribution in [3.8, 4) is 0 Å². The monoisotopic (exact) mass is 386 g/mol. The van der Waals surface area contributed by atoms with Gasteiger partial charge in [-0.2, -0.15) is 0 Å². The van der Waals surface area contributed by atoms with E-state index in [4.69, 9.17) is 0 Å². The van der Waals surface area contributed by atoms with E-state index < -0.39 is 0 Å². The van der Waals surface area contributed by atoms with Gasteiger partial charge in [0.15, 0.2) is 0 Å². The van der Waals surface area contributed by atoms with Crippen molar-refractivity contribution in [3.63, 3.8) is 0 Å². The van der Waals surface area contributed by atoms with Crippen LogP contribution in [0.3, 0.4) is 0 Å². The highest BCUT2D eigenvalue weighted by molar-refractivity contribution is 5.90. The first-order valence-corrected chi connectivity index (χ1v) is 10.1. The first-order valence-electron chi connectivity index (χ1n) is 10.1. The number of rotatable bonds is 4. The van der Waals surface area contributed by atoms with Crippen LogP contribution in [0.15, 0.2) is 18.2 Å². The fourth-order valence-corrected chi connectivity index (χ4v) is 4.26. The Morgan fingerprint density at radius 3 is 2.39 bits per heavy atom. The van der Waals surface area contributed by atoms with E-state index in [1.165, 1.54) is 12.1 Å². The van der Waals surface area contributed by atoms with Gasteiger partial charge < -0.3 is 14.8 Å². The minimum atomic E-state index is -0.295. The second-order valence-corrected chi connectivity index (χ2v) is 7.84. The van der Waals surface area contributed by atoms with E-state index in [0.29, 0.717) is 32.7 Å². The third-order valence-corrected chi connectivity index (χ3v) is 5.95. The molecule has 2 aliphatic heterocycles. The van der Waals surface area contributed by atoms with E-state index in [0.717, 1.165) is 48.1 Å². The summed E-state index contributed by atoms with van der Waals surface area (Å²) >= 11 is 0. The molecule has 2 amide bonds. The summed E-state index contributed by atoms with van der Waals surface area (Å²) in [7, 11) is 0. The quantitative estimate of drug-likeness (QED) is 0.874. The molecule has 150 valence electrons. The number of halogens is 1. The summed E-state index contributed by atoms with van der Waals surface area (Å²) in [5.41, 5.74) is 2.63. The van der Waals surface area contributed by atoms with Crippen LogP contribution in [0.2, 0.25) is 0 Å². The number of carbonyl (C=O) groups excluding carboxylic acids is 2. The Morgan fingerprint density at radius 1 is 1.00 bits per heavy atom. The number of H-pyrrole nitrogens is 1. The Hall–Kier alpha value is -2.41. The van der Waals surface area contributed by atoms with Crippen molar-refractivity contribution in [3.05, 3.63) is 35.3 Å². The largest absolute Gasteiger partial charge is 0.358 e. The van der Waals surface area contributed by atoms with Crippen LogP contribution in [0.5, 0.6) is 0 Å². The van der Waals surface area contributed by atoms with Gasteiger partial charge in [0, 0.05) is 55.9 Å². The molecule has 2 saturated heterocycles. The number of benzene rings is 1. The summed E-state index contributed by atoms with van der Waals surface area (Å²) in [4.78, 5) is 34.3. The van der Waals surface area contributed by atoms with Gasteiger partial charge in [0.1, 0.15) is 5.82 Å². The molecule has 0 saturated carbocycles. The van der Waals surface area contributed by atoms with Crippen LogP contribution in [0.25, 0.3) is 10.9 Å². The van der Waals surface area contributed by atoms with Crippen LogP contribution >= 0.6 is 0 Å². The zero-order chi connectivity index (χ0) is 19.7. The van der Waals surface area contributed by atoms with Crippen LogP contribution in [0, 0.1) is 12.7 Å². The molecule has 3 heterocycles. The molecule has 0 unspecified atom stereocenters. The first kappa shape index (κ1) is 18.9. The summed E-state index contributed by atoms with van der Waals surface area (Å²) in [6, 6.07) is 4.62. The predicted molar refractivity (Wildman–Crippen MR) is 106 cm³/mol. The number of hydrogen-bond acceptors (Lipinski definition) is 3. The van der Waals surface area contributed by atoms with Crippen molar-refractivity contribution < 1.29 is 14.0 Å². The first-order chi connectivity index (χ1) is 13.5. The highest BCUT2D eigenvalue weighted by Crippen LogP contribution is 2.24. The zero-order valence-electron chi connectivity index (χ0n) is 16.3. The molecule has 0 spiro atoms. The fraction of sp³-hybridized carbons (Fsp3) is 0.524. The van der Waals surface area contributed by atoms with Crippen molar-refractivity contribution in [2.24, 2.45) is 0 Å². The number of fused-ring (bicyclic) bond motifs is 1. The zero-order valence-corrected chi connectivity index (χ0v) is 16.3. The molecule has 1 aromatic heterocycles. The average molecular weight is 386 g/mol. The lowest BCUT2D eigenvalue weighted by atomic mass is 10.1. The number of aromatic amines is 1. The van der Waals surface area contributed by atoms with Gasteiger partial charge in [0.25, 0.3) is 0 Å². The molecule has 0 aliphatic carbocycles. The number of likely N-dealkylation sites (tertiary alicyclic amines) is 1. The maximum absolute atomic E-state index is 13.6. The Balaban J connectivity index is 1.34. The summed E-state index contributed by atoms with van der Waals surface area (Å²) in [6.45, 7) is 6.80. The number of nitrogens with one attached hydrogen (secondary N) is 1. The lowest BCUT2D eigenvalue weighted by Gasteiger charge is -2.35. The fourth-order valence-electron chi connectivity index (χ4n) is 4.26. The molecule has 0 atom stereocenters. The third-order valence-electron chi connectivity index (χ3n) is 5.95. The van der Waals surface area contributed by atoms with Gasteiger partial charge in [-0.1, -0.05) is 0 Å². The van der Waals surface area contributed by atoms with Crippen LogP contribution < -0.4 is 0 Å². The predicted octanol–water partition coefficient (Wildman–Crippen LogP) is 1.92. The van der Waals surface area contributed by atoms with Crippen LogP contribution in [-0.2, 0) is 16.0 Å². The molecule has 1 aromatic carbocycles. The molecule has 2 fully saturated rings. The second kappa shape index (κ2) is 7.91. The topological polar surface area (TPSA) is 59.7 Å². The summed E-state index contributed by atoms with van der Waals surface area (Å²) < 4.78 is 13.6. The Kier molecular flexibility index (Phi) is 5.35. The maximum Gasteiger partial charge on any atom is 0.236 e. The average Bonchev–Trinajstić information content (AvgIpc) is 3.32. The van der Waals surface area contributed by atoms with E-state index >= 15 is 0 Å². The number of carbonyl (C=O) groups is 2. The van der Waals surface area contributed by atoms with Gasteiger partial charge in [0.05, 0.1) is 13.0 Å². The van der Waals surface area contributed by atoms with E-state index in [-0.39, 0.29) is 24.1 Å². The van der Waals surface area contributed by atoms with Gasteiger partial charge in [0.2, 0.25) is 11.8 Å². The number of aromatic nitrogens is 1. The third kappa shape index (κ3) is 3.90. The van der Waals surface area contributed by atoms with Gasteiger partial charge in [-0.25, -0.2) is 4.39 Å². The maximum atomic E-state index is 13.6. The normalized spacial score (nSPS) is 18.2. The van der Waals surface area contributed by atoms with Gasteiger partial charge >= 0.3 is 0 Å². The minimum absolute atomic E-state index is 0.0544. The molecular weight excluding hydrogens is 359 g/mol. The molecule has 0 bridgehead atoms. The molecule has 2 aliphatic rings. The summed E-state index contributed by atoms with van der Waals surface area (Å²) in [5.74, 6) is -0.0380. The van der Waals surface area contributed by atoms with Gasteiger partial charge in [-0.3, -0.25) is 14.5 Å². The van der Waals surface area contributed by atoms with E-state index in [9.17, 15) is 14.0 Å². The van der Waals surface area contributed by atoms with Gasteiger partial charge in [-0.05, 0) is 43.5 Å². The lowest BCUT2D eigenvalue weighted by Crippen LogP contribution is -2.51. The number of aryl methyl sites for hydroxylation is 1. The molecule has 1 N–H and O–H groups in total.